The molecule has 0 aliphatic carbocycles. The number of likely N-dealkylation sites (tertiary alicyclic amines) is 1. The molecule has 1 aromatic carbocycles. The second-order valence-corrected chi connectivity index (χ2v) is 5.71. The minimum Gasteiger partial charge on any atom is -0.393 e. The Kier molecular flexibility index (Phi) is 4.91. The van der Waals surface area contributed by atoms with Crippen LogP contribution in [0.1, 0.15) is 24.0 Å². The summed E-state index contributed by atoms with van der Waals surface area (Å²) in [5, 5.41) is 19.2. The molecule has 0 saturated carbocycles. The van der Waals surface area contributed by atoms with E-state index in [2.05, 4.69) is 0 Å². The number of aliphatic hydroxyl groups is 2. The predicted octanol–water partition coefficient (Wildman–Crippen LogP) is 2.07. The number of hydrogen-bond donors (Lipinski definition) is 2. The molecule has 1 fully saturated rings. The zero-order valence-electron chi connectivity index (χ0n) is 11.7. The summed E-state index contributed by atoms with van der Waals surface area (Å²) in [7, 11) is 0. The number of piperidine rings is 1. The molecule has 21 heavy (non-hydrogen) atoms. The van der Waals surface area contributed by atoms with E-state index in [4.69, 9.17) is 0 Å². The maximum Gasteiger partial charge on any atom is 0.416 e. The van der Waals surface area contributed by atoms with Crippen LogP contribution in [0.5, 0.6) is 0 Å². The van der Waals surface area contributed by atoms with Gasteiger partial charge in [0.25, 0.3) is 0 Å². The Bertz CT molecular complexity index is 478. The van der Waals surface area contributed by atoms with Gasteiger partial charge in [-0.05, 0) is 37.4 Å². The van der Waals surface area contributed by atoms with Gasteiger partial charge in [-0.15, -0.1) is 0 Å². The standard InChI is InChI=1S/C15H20F3NO2/c16-15(17,18)13-4-1-3-12(9-13)5-8-19-7-2-6-14(21,10-19)11-20/h1,3-4,9,20-21H,2,5-8,10-11H2. The molecule has 1 aliphatic rings. The minimum atomic E-state index is -4.32. The van der Waals surface area contributed by atoms with Crippen LogP contribution in [-0.2, 0) is 12.6 Å². The smallest absolute Gasteiger partial charge is 0.393 e. The number of hydrogen-bond acceptors (Lipinski definition) is 3. The van der Waals surface area contributed by atoms with Crippen molar-refractivity contribution < 1.29 is 23.4 Å². The summed E-state index contributed by atoms with van der Waals surface area (Å²) in [6.07, 6.45) is -2.49. The Morgan fingerprint density at radius 3 is 2.71 bits per heavy atom. The maximum atomic E-state index is 12.6. The molecule has 0 aromatic heterocycles. The monoisotopic (exact) mass is 303 g/mol. The molecule has 1 unspecified atom stereocenters. The summed E-state index contributed by atoms with van der Waals surface area (Å²) in [6, 6.07) is 5.33. The highest BCUT2D eigenvalue weighted by atomic mass is 19.4. The highest BCUT2D eigenvalue weighted by Gasteiger charge is 2.32. The summed E-state index contributed by atoms with van der Waals surface area (Å²) in [5.41, 5.74) is -1.08. The molecule has 0 spiro atoms. The molecule has 1 saturated heterocycles. The van der Waals surface area contributed by atoms with Gasteiger partial charge in [-0.25, -0.2) is 0 Å². The van der Waals surface area contributed by atoms with Crippen LogP contribution >= 0.6 is 0 Å². The molecule has 118 valence electrons. The number of benzene rings is 1. The third kappa shape index (κ3) is 4.43. The topological polar surface area (TPSA) is 43.7 Å². The van der Waals surface area contributed by atoms with Crippen molar-refractivity contribution in [2.24, 2.45) is 0 Å². The predicted molar refractivity (Wildman–Crippen MR) is 72.9 cm³/mol. The largest absolute Gasteiger partial charge is 0.416 e. The first-order chi connectivity index (χ1) is 9.82. The second-order valence-electron chi connectivity index (χ2n) is 5.71. The lowest BCUT2D eigenvalue weighted by Crippen LogP contribution is -2.50. The van der Waals surface area contributed by atoms with Crippen LogP contribution in [0, 0.1) is 0 Å². The van der Waals surface area contributed by atoms with E-state index in [9.17, 15) is 23.4 Å². The normalized spacial score (nSPS) is 24.2. The Morgan fingerprint density at radius 1 is 1.29 bits per heavy atom. The molecule has 2 N–H and O–H groups in total. The van der Waals surface area contributed by atoms with Gasteiger partial charge in [0.05, 0.1) is 12.2 Å². The quantitative estimate of drug-likeness (QED) is 0.895. The molecule has 2 rings (SSSR count). The summed E-state index contributed by atoms with van der Waals surface area (Å²) < 4.78 is 37.9. The van der Waals surface area contributed by atoms with Crippen LogP contribution in [0.4, 0.5) is 13.2 Å². The molecule has 0 amide bonds. The van der Waals surface area contributed by atoms with Gasteiger partial charge in [0.2, 0.25) is 0 Å². The van der Waals surface area contributed by atoms with Crippen molar-refractivity contribution in [3.63, 3.8) is 0 Å². The molecular formula is C15H20F3NO2. The highest BCUT2D eigenvalue weighted by molar-refractivity contribution is 5.25. The number of nitrogens with zero attached hydrogens (tertiary/aromatic N) is 1. The van der Waals surface area contributed by atoms with E-state index in [1.807, 2.05) is 4.90 Å². The van der Waals surface area contributed by atoms with E-state index >= 15 is 0 Å². The lowest BCUT2D eigenvalue weighted by Gasteiger charge is -2.38. The zero-order valence-corrected chi connectivity index (χ0v) is 11.7. The first kappa shape index (κ1) is 16.3. The lowest BCUT2D eigenvalue weighted by atomic mass is 9.93. The van der Waals surface area contributed by atoms with Crippen LogP contribution in [-0.4, -0.2) is 47.0 Å². The number of aliphatic hydroxyl groups excluding tert-OH is 1. The fraction of sp³-hybridized carbons (Fsp3) is 0.600. The molecule has 0 bridgehead atoms. The van der Waals surface area contributed by atoms with Gasteiger partial charge in [0.1, 0.15) is 5.60 Å². The Morgan fingerprint density at radius 2 is 2.05 bits per heavy atom. The van der Waals surface area contributed by atoms with Crippen molar-refractivity contribution in [3.8, 4) is 0 Å². The van der Waals surface area contributed by atoms with Gasteiger partial charge in [0, 0.05) is 13.1 Å². The van der Waals surface area contributed by atoms with Crippen molar-refractivity contribution in [1.82, 2.24) is 4.90 Å². The molecule has 1 aliphatic heterocycles. The number of β-amino-alcohol motifs (C(OH)–C–C–N with tert-alkyl or cyclic N) is 1. The lowest BCUT2D eigenvalue weighted by molar-refractivity contribution is -0.137. The third-order valence-corrected chi connectivity index (χ3v) is 3.90. The number of alkyl halides is 3. The van der Waals surface area contributed by atoms with Crippen molar-refractivity contribution in [2.75, 3.05) is 26.2 Å². The fourth-order valence-corrected chi connectivity index (χ4v) is 2.72. The summed E-state index contributed by atoms with van der Waals surface area (Å²) in [6.45, 7) is 1.44. The number of halogens is 3. The van der Waals surface area contributed by atoms with Gasteiger partial charge in [-0.1, -0.05) is 18.2 Å². The summed E-state index contributed by atoms with van der Waals surface area (Å²) in [5.74, 6) is 0. The molecular weight excluding hydrogens is 283 g/mol. The van der Waals surface area contributed by atoms with Crippen LogP contribution < -0.4 is 0 Å². The molecule has 1 heterocycles. The maximum absolute atomic E-state index is 12.6. The Labute approximate surface area is 122 Å². The van der Waals surface area contributed by atoms with Gasteiger partial charge >= 0.3 is 6.18 Å². The van der Waals surface area contributed by atoms with Crippen LogP contribution in [0.25, 0.3) is 0 Å². The van der Waals surface area contributed by atoms with Crippen molar-refractivity contribution in [1.29, 1.82) is 0 Å². The SMILES string of the molecule is OCC1(O)CCCN(CCc2cccc(C(F)(F)F)c2)C1. The van der Waals surface area contributed by atoms with Crippen LogP contribution in [0.2, 0.25) is 0 Å². The van der Waals surface area contributed by atoms with Crippen molar-refractivity contribution in [3.05, 3.63) is 35.4 Å². The van der Waals surface area contributed by atoms with E-state index < -0.39 is 17.3 Å². The molecule has 1 atom stereocenters. The number of rotatable bonds is 4. The molecule has 0 radical (unpaired) electrons. The summed E-state index contributed by atoms with van der Waals surface area (Å²) in [4.78, 5) is 1.99. The second kappa shape index (κ2) is 6.34. The van der Waals surface area contributed by atoms with Gasteiger partial charge < -0.3 is 15.1 Å². The van der Waals surface area contributed by atoms with E-state index in [1.165, 1.54) is 12.1 Å². The van der Waals surface area contributed by atoms with Crippen LogP contribution in [0.15, 0.2) is 24.3 Å². The minimum absolute atomic E-state index is 0.285. The van der Waals surface area contributed by atoms with E-state index in [0.717, 1.165) is 19.0 Å². The van der Waals surface area contributed by atoms with Crippen molar-refractivity contribution >= 4 is 0 Å². The average molecular weight is 303 g/mol. The van der Waals surface area contributed by atoms with Crippen LogP contribution in [0.3, 0.4) is 0 Å². The van der Waals surface area contributed by atoms with E-state index in [0.29, 0.717) is 31.5 Å². The summed E-state index contributed by atoms with van der Waals surface area (Å²) >= 11 is 0. The molecule has 6 heteroatoms. The zero-order chi connectivity index (χ0) is 15.5. The van der Waals surface area contributed by atoms with Gasteiger partial charge in [-0.2, -0.15) is 13.2 Å². The third-order valence-electron chi connectivity index (χ3n) is 3.90. The Hall–Kier alpha value is -1.11. The molecule has 3 nitrogen and oxygen atoms in total. The first-order valence-electron chi connectivity index (χ1n) is 7.04. The van der Waals surface area contributed by atoms with Gasteiger partial charge in [0.15, 0.2) is 0 Å². The van der Waals surface area contributed by atoms with E-state index in [-0.39, 0.29) is 6.61 Å². The van der Waals surface area contributed by atoms with E-state index in [1.54, 1.807) is 6.07 Å². The first-order valence-corrected chi connectivity index (χ1v) is 7.04. The average Bonchev–Trinajstić information content (AvgIpc) is 2.45. The molecule has 1 aromatic rings. The van der Waals surface area contributed by atoms with Gasteiger partial charge in [-0.3, -0.25) is 0 Å². The highest BCUT2D eigenvalue weighted by Crippen LogP contribution is 2.29. The Balaban J connectivity index is 1.94. The van der Waals surface area contributed by atoms with Crippen molar-refractivity contribution in [2.45, 2.75) is 31.0 Å². The fourth-order valence-electron chi connectivity index (χ4n) is 2.72.